The van der Waals surface area contributed by atoms with E-state index in [2.05, 4.69) is 0 Å². The Hall–Kier alpha value is -2.78. The molecule has 0 radical (unpaired) electrons. The molecule has 9 heteroatoms. The van der Waals surface area contributed by atoms with Gasteiger partial charge in [0.25, 0.3) is 0 Å². The Morgan fingerprint density at radius 1 is 1.04 bits per heavy atom. The lowest BCUT2D eigenvalue weighted by molar-refractivity contribution is 0.487. The lowest BCUT2D eigenvalue weighted by Crippen LogP contribution is -2.16. The van der Waals surface area contributed by atoms with Crippen LogP contribution in [0, 0.1) is 25.5 Å². The molecule has 26 heavy (non-hydrogen) atoms. The van der Waals surface area contributed by atoms with Crippen molar-refractivity contribution in [3.05, 3.63) is 69.9 Å². The molecule has 0 aliphatic heterocycles. The fourth-order valence-electron chi connectivity index (χ4n) is 2.55. The predicted molar refractivity (Wildman–Crippen MR) is 90.5 cm³/mol. The quantitative estimate of drug-likeness (QED) is 0.756. The lowest BCUT2D eigenvalue weighted by Gasteiger charge is -2.10. The van der Waals surface area contributed by atoms with E-state index >= 15 is 0 Å². The van der Waals surface area contributed by atoms with E-state index in [9.17, 15) is 22.0 Å². The molecule has 0 bridgehead atoms. The van der Waals surface area contributed by atoms with Crippen molar-refractivity contribution in [2.45, 2.75) is 18.7 Å². The first-order valence-corrected chi connectivity index (χ1v) is 8.95. The molecule has 0 spiro atoms. The standard InChI is InChI=1S/C17H14F2N2O4S/c1-9-3-4-11(7-10(9)2)21-13(8-25-17(21)22)12-5-6-14(26(20,23)24)16(19)15(12)18/h3-8H,1-2H3,(H2,20,23,24). The molecular weight excluding hydrogens is 366 g/mol. The smallest absolute Gasteiger partial charge is 0.415 e. The molecule has 136 valence electrons. The van der Waals surface area contributed by atoms with Gasteiger partial charge in [-0.25, -0.2) is 31.7 Å². The molecule has 1 aromatic heterocycles. The molecule has 0 unspecified atom stereocenters. The van der Waals surface area contributed by atoms with Crippen LogP contribution in [0.25, 0.3) is 16.9 Å². The van der Waals surface area contributed by atoms with Crippen molar-refractivity contribution in [3.8, 4) is 16.9 Å². The largest absolute Gasteiger partial charge is 0.424 e. The van der Waals surface area contributed by atoms with Gasteiger partial charge in [-0.05, 0) is 49.2 Å². The fraction of sp³-hybridized carbons (Fsp3) is 0.118. The summed E-state index contributed by atoms with van der Waals surface area (Å²) in [6.45, 7) is 3.73. The van der Waals surface area contributed by atoms with Crippen LogP contribution in [0.2, 0.25) is 0 Å². The molecule has 2 N–H and O–H groups in total. The van der Waals surface area contributed by atoms with E-state index in [-0.39, 0.29) is 11.3 Å². The van der Waals surface area contributed by atoms with Gasteiger partial charge in [-0.3, -0.25) is 0 Å². The van der Waals surface area contributed by atoms with Gasteiger partial charge < -0.3 is 4.42 Å². The third kappa shape index (κ3) is 2.95. The average molecular weight is 380 g/mol. The monoisotopic (exact) mass is 380 g/mol. The molecule has 0 amide bonds. The number of benzene rings is 2. The van der Waals surface area contributed by atoms with Crippen LogP contribution in [0.5, 0.6) is 0 Å². The van der Waals surface area contributed by atoms with Crippen LogP contribution < -0.4 is 10.9 Å². The van der Waals surface area contributed by atoms with Gasteiger partial charge in [-0.1, -0.05) is 6.07 Å². The number of hydrogen-bond donors (Lipinski definition) is 1. The summed E-state index contributed by atoms with van der Waals surface area (Å²) in [6.07, 6.45) is 0.978. The van der Waals surface area contributed by atoms with Crippen LogP contribution >= 0.6 is 0 Å². The molecule has 0 aliphatic carbocycles. The molecular formula is C17H14F2N2O4S. The molecule has 0 aliphatic rings. The zero-order valence-corrected chi connectivity index (χ0v) is 14.6. The van der Waals surface area contributed by atoms with Crippen molar-refractivity contribution in [2.24, 2.45) is 5.14 Å². The van der Waals surface area contributed by atoms with Crippen molar-refractivity contribution in [1.82, 2.24) is 4.57 Å². The summed E-state index contributed by atoms with van der Waals surface area (Å²) in [4.78, 5) is 11.1. The molecule has 3 aromatic rings. The van der Waals surface area contributed by atoms with Crippen molar-refractivity contribution in [1.29, 1.82) is 0 Å². The van der Waals surface area contributed by atoms with Crippen LogP contribution in [0.1, 0.15) is 11.1 Å². The highest BCUT2D eigenvalue weighted by molar-refractivity contribution is 7.89. The highest BCUT2D eigenvalue weighted by Crippen LogP contribution is 2.29. The van der Waals surface area contributed by atoms with Crippen LogP contribution in [-0.4, -0.2) is 13.0 Å². The van der Waals surface area contributed by atoms with E-state index in [0.29, 0.717) is 5.69 Å². The molecule has 3 rings (SSSR count). The average Bonchev–Trinajstić information content (AvgIpc) is 2.93. The maximum Gasteiger partial charge on any atom is 0.424 e. The second kappa shape index (κ2) is 6.19. The number of nitrogens with two attached hydrogens (primary N) is 1. The molecule has 2 aromatic carbocycles. The van der Waals surface area contributed by atoms with Gasteiger partial charge in [0, 0.05) is 5.56 Å². The Bertz CT molecular complexity index is 1180. The Kier molecular flexibility index (Phi) is 4.29. The van der Waals surface area contributed by atoms with Gasteiger partial charge in [0.2, 0.25) is 10.0 Å². The van der Waals surface area contributed by atoms with Crippen LogP contribution in [-0.2, 0) is 10.0 Å². The number of aromatic nitrogens is 1. The molecule has 0 saturated heterocycles. The highest BCUT2D eigenvalue weighted by atomic mass is 32.2. The highest BCUT2D eigenvalue weighted by Gasteiger charge is 2.24. The van der Waals surface area contributed by atoms with Gasteiger partial charge in [0.1, 0.15) is 11.2 Å². The summed E-state index contributed by atoms with van der Waals surface area (Å²) >= 11 is 0. The number of oxazole rings is 1. The third-order valence-electron chi connectivity index (χ3n) is 4.07. The van der Waals surface area contributed by atoms with E-state index in [1.807, 2.05) is 13.8 Å². The van der Waals surface area contributed by atoms with E-state index in [1.165, 1.54) is 0 Å². The zero-order chi connectivity index (χ0) is 19.2. The first-order valence-electron chi connectivity index (χ1n) is 7.40. The van der Waals surface area contributed by atoms with Gasteiger partial charge in [-0.2, -0.15) is 0 Å². The SMILES string of the molecule is Cc1ccc(-n2c(-c3ccc(S(N)(=O)=O)c(F)c3F)coc2=O)cc1C. The maximum absolute atomic E-state index is 14.5. The number of aryl methyl sites for hydroxylation is 2. The topological polar surface area (TPSA) is 95.3 Å². The number of nitrogens with zero attached hydrogens (tertiary/aromatic N) is 1. The number of hydrogen-bond acceptors (Lipinski definition) is 4. The van der Waals surface area contributed by atoms with Gasteiger partial charge in [-0.15, -0.1) is 0 Å². The van der Waals surface area contributed by atoms with Gasteiger partial charge in [0.15, 0.2) is 11.6 Å². The van der Waals surface area contributed by atoms with Gasteiger partial charge >= 0.3 is 5.76 Å². The maximum atomic E-state index is 14.5. The first kappa shape index (κ1) is 18.0. The Morgan fingerprint density at radius 2 is 1.73 bits per heavy atom. The Labute approximate surface area is 147 Å². The van der Waals surface area contributed by atoms with Crippen LogP contribution in [0.3, 0.4) is 0 Å². The van der Waals surface area contributed by atoms with E-state index in [1.54, 1.807) is 18.2 Å². The van der Waals surface area contributed by atoms with Crippen molar-refractivity contribution < 1.29 is 21.6 Å². The van der Waals surface area contributed by atoms with Crippen LogP contribution in [0.15, 0.2) is 50.7 Å². The summed E-state index contributed by atoms with van der Waals surface area (Å²) < 4.78 is 57.2. The minimum Gasteiger partial charge on any atom is -0.415 e. The molecule has 0 fully saturated rings. The van der Waals surface area contributed by atoms with Crippen molar-refractivity contribution >= 4 is 10.0 Å². The molecule has 6 nitrogen and oxygen atoms in total. The summed E-state index contributed by atoms with van der Waals surface area (Å²) in [7, 11) is -4.43. The lowest BCUT2D eigenvalue weighted by atomic mass is 10.1. The Balaban J connectivity index is 2.26. The minimum atomic E-state index is -4.43. The summed E-state index contributed by atoms with van der Waals surface area (Å²) in [6, 6.07) is 6.97. The second-order valence-electron chi connectivity index (χ2n) is 5.78. The van der Waals surface area contributed by atoms with Crippen molar-refractivity contribution in [2.75, 3.05) is 0 Å². The molecule has 1 heterocycles. The minimum absolute atomic E-state index is 0.0596. The normalized spacial score (nSPS) is 11.7. The molecule has 0 atom stereocenters. The van der Waals surface area contributed by atoms with Gasteiger partial charge in [0.05, 0.1) is 11.4 Å². The second-order valence-corrected chi connectivity index (χ2v) is 7.30. The number of primary sulfonamides is 1. The third-order valence-corrected chi connectivity index (χ3v) is 5.00. The Morgan fingerprint density at radius 3 is 2.35 bits per heavy atom. The zero-order valence-electron chi connectivity index (χ0n) is 13.8. The van der Waals surface area contributed by atoms with Crippen molar-refractivity contribution in [3.63, 3.8) is 0 Å². The first-order chi connectivity index (χ1) is 12.1. The van der Waals surface area contributed by atoms with Crippen LogP contribution in [0.4, 0.5) is 8.78 Å². The number of halogens is 2. The number of rotatable bonds is 3. The summed E-state index contributed by atoms with van der Waals surface area (Å²) in [5.74, 6) is -3.86. The summed E-state index contributed by atoms with van der Waals surface area (Å²) in [5.41, 5.74) is 1.88. The fourth-order valence-corrected chi connectivity index (χ4v) is 3.15. The van der Waals surface area contributed by atoms with E-state index < -0.39 is 32.3 Å². The van der Waals surface area contributed by atoms with E-state index in [4.69, 9.17) is 9.56 Å². The number of sulfonamides is 1. The summed E-state index contributed by atoms with van der Waals surface area (Å²) in [5, 5.41) is 4.86. The predicted octanol–water partition coefficient (Wildman–Crippen LogP) is 2.64. The molecule has 0 saturated carbocycles. The van der Waals surface area contributed by atoms with E-state index in [0.717, 1.165) is 34.1 Å².